The first-order valence-corrected chi connectivity index (χ1v) is 15.1. The molecule has 2 aliphatic heterocycles. The maximum absolute atomic E-state index is 14.4. The Kier molecular flexibility index (Phi) is 6.54. The van der Waals surface area contributed by atoms with Gasteiger partial charge < -0.3 is 5.11 Å². The standard InChI is InChI=1S/C34H27Cl2FN2O5/c1-18-15-20(7-14-26(18)40)28-23-12-13-24-27(30(42)38(29(24)41)17-19-5-3-2-4-6-19)25(23)16-33(35)31(43)39(32(44)34(28,33)36)22-10-8-21(37)9-11-22/h2-12,14-15,24-25,27-28,40H,13,16-17H2,1H3. The Morgan fingerprint density at radius 2 is 1.61 bits per heavy atom. The number of likely N-dealkylation sites (tertiary alicyclic amines) is 1. The molecule has 1 N–H and O–H groups in total. The predicted octanol–water partition coefficient (Wildman–Crippen LogP) is 5.60. The highest BCUT2D eigenvalue weighted by Crippen LogP contribution is 2.66. The van der Waals surface area contributed by atoms with Crippen molar-refractivity contribution in [1.82, 2.24) is 4.90 Å². The highest BCUT2D eigenvalue weighted by molar-refractivity contribution is 6.58. The number of amides is 4. The summed E-state index contributed by atoms with van der Waals surface area (Å²) in [5, 5.41) is 10.3. The van der Waals surface area contributed by atoms with Crippen LogP contribution in [0.2, 0.25) is 0 Å². The lowest BCUT2D eigenvalue weighted by molar-refractivity contribution is -0.141. The average Bonchev–Trinajstić information content (AvgIpc) is 3.33. The molecule has 0 radical (unpaired) electrons. The fourth-order valence-corrected chi connectivity index (χ4v) is 8.55. The van der Waals surface area contributed by atoms with Crippen LogP contribution < -0.4 is 4.90 Å². The Morgan fingerprint density at radius 3 is 2.30 bits per heavy atom. The van der Waals surface area contributed by atoms with Crippen LogP contribution in [0.3, 0.4) is 0 Å². The van der Waals surface area contributed by atoms with Gasteiger partial charge in [0.1, 0.15) is 11.6 Å². The first-order chi connectivity index (χ1) is 21.0. The molecular weight excluding hydrogens is 606 g/mol. The lowest BCUT2D eigenvalue weighted by atomic mass is 9.56. The third kappa shape index (κ3) is 3.86. The zero-order chi connectivity index (χ0) is 31.1. The second kappa shape index (κ2) is 10.0. The third-order valence-electron chi connectivity index (χ3n) is 9.72. The molecule has 6 unspecified atom stereocenters. The number of carbonyl (C=O) groups excluding carboxylic acids is 4. The predicted molar refractivity (Wildman–Crippen MR) is 161 cm³/mol. The molecule has 4 amide bonds. The Labute approximate surface area is 262 Å². The number of nitrogens with zero attached hydrogens (tertiary/aromatic N) is 2. The zero-order valence-electron chi connectivity index (χ0n) is 23.5. The molecule has 4 aliphatic rings. The van der Waals surface area contributed by atoms with Crippen molar-refractivity contribution in [1.29, 1.82) is 0 Å². The van der Waals surface area contributed by atoms with Crippen molar-refractivity contribution < 1.29 is 28.7 Å². The van der Waals surface area contributed by atoms with Crippen LogP contribution in [0.1, 0.15) is 35.4 Å². The number of benzene rings is 3. The molecule has 224 valence electrons. The van der Waals surface area contributed by atoms with E-state index in [1.807, 2.05) is 36.4 Å². The molecule has 2 aliphatic carbocycles. The fourth-order valence-electron chi connectivity index (χ4n) is 7.62. The lowest BCUT2D eigenvalue weighted by Gasteiger charge is -2.50. The highest BCUT2D eigenvalue weighted by atomic mass is 35.5. The second-order valence-electron chi connectivity index (χ2n) is 12.0. The van der Waals surface area contributed by atoms with Gasteiger partial charge in [-0.3, -0.25) is 24.1 Å². The molecule has 0 spiro atoms. The van der Waals surface area contributed by atoms with Crippen LogP contribution in [0.4, 0.5) is 10.1 Å². The Morgan fingerprint density at radius 1 is 0.909 bits per heavy atom. The number of aromatic hydroxyl groups is 1. The molecule has 0 bridgehead atoms. The molecule has 2 saturated heterocycles. The van der Waals surface area contributed by atoms with Gasteiger partial charge in [0.15, 0.2) is 9.75 Å². The van der Waals surface area contributed by atoms with Gasteiger partial charge in [0, 0.05) is 5.92 Å². The summed E-state index contributed by atoms with van der Waals surface area (Å²) in [7, 11) is 0. The minimum atomic E-state index is -2.02. The number of hydrogen-bond acceptors (Lipinski definition) is 5. The van der Waals surface area contributed by atoms with E-state index in [0.717, 1.165) is 22.6 Å². The van der Waals surface area contributed by atoms with Gasteiger partial charge in [-0.05, 0) is 72.7 Å². The smallest absolute Gasteiger partial charge is 0.258 e. The van der Waals surface area contributed by atoms with Crippen molar-refractivity contribution in [3.63, 3.8) is 0 Å². The van der Waals surface area contributed by atoms with Crippen molar-refractivity contribution in [2.45, 2.75) is 42.0 Å². The van der Waals surface area contributed by atoms with E-state index in [1.165, 1.54) is 23.1 Å². The van der Waals surface area contributed by atoms with Gasteiger partial charge in [-0.15, -0.1) is 23.2 Å². The van der Waals surface area contributed by atoms with E-state index >= 15 is 0 Å². The van der Waals surface area contributed by atoms with Crippen molar-refractivity contribution in [3.05, 3.63) is 107 Å². The summed E-state index contributed by atoms with van der Waals surface area (Å²) in [5.74, 6) is -5.76. The molecule has 3 aromatic carbocycles. The van der Waals surface area contributed by atoms with Gasteiger partial charge in [-0.1, -0.05) is 54.1 Å². The number of imide groups is 2. The number of hydrogen-bond donors (Lipinski definition) is 1. The number of phenols is 1. The third-order valence-corrected chi connectivity index (χ3v) is 11.1. The minimum absolute atomic E-state index is 0.0365. The molecule has 3 aromatic rings. The van der Waals surface area contributed by atoms with Gasteiger partial charge in [0.05, 0.1) is 24.1 Å². The lowest BCUT2D eigenvalue weighted by Crippen LogP contribution is -2.60. The molecule has 0 aromatic heterocycles. The van der Waals surface area contributed by atoms with Gasteiger partial charge in [-0.2, -0.15) is 0 Å². The summed E-state index contributed by atoms with van der Waals surface area (Å²) >= 11 is 14.7. The average molecular weight is 634 g/mol. The maximum atomic E-state index is 14.4. The SMILES string of the molecule is Cc1cc(C2C3=CCC4C(=O)N(Cc5ccccc5)C(=O)C4C3CC3(Cl)C(=O)N(c4ccc(F)cc4)C(=O)C23Cl)ccc1O. The first-order valence-electron chi connectivity index (χ1n) is 14.4. The molecular formula is C34H27Cl2FN2O5. The summed E-state index contributed by atoms with van der Waals surface area (Å²) < 4.78 is 13.8. The number of rotatable bonds is 4. The summed E-state index contributed by atoms with van der Waals surface area (Å²) in [5.41, 5.74) is 2.64. The first kappa shape index (κ1) is 28.7. The van der Waals surface area contributed by atoms with Crippen molar-refractivity contribution >= 4 is 52.5 Å². The summed E-state index contributed by atoms with van der Waals surface area (Å²) in [4.78, 5) is 54.5. The van der Waals surface area contributed by atoms with Crippen molar-refractivity contribution in [2.24, 2.45) is 17.8 Å². The summed E-state index contributed by atoms with van der Waals surface area (Å²) in [6, 6.07) is 18.9. The number of carbonyl (C=O) groups is 4. The normalized spacial score (nSPS) is 31.1. The van der Waals surface area contributed by atoms with Gasteiger partial charge >= 0.3 is 0 Å². The number of phenolic OH excluding ortho intramolecular Hbond substituents is 1. The Balaban J connectivity index is 1.37. The molecule has 1 saturated carbocycles. The zero-order valence-corrected chi connectivity index (χ0v) is 25.1. The molecule has 44 heavy (non-hydrogen) atoms. The summed E-state index contributed by atoms with van der Waals surface area (Å²) in [6.07, 6.45) is 1.97. The highest BCUT2D eigenvalue weighted by Gasteiger charge is 2.76. The van der Waals surface area contributed by atoms with E-state index < -0.39 is 51.1 Å². The number of aryl methyl sites for hydroxylation is 1. The van der Waals surface area contributed by atoms with Gasteiger partial charge in [0.2, 0.25) is 11.8 Å². The van der Waals surface area contributed by atoms with Crippen LogP contribution in [0.25, 0.3) is 0 Å². The number of anilines is 1. The van der Waals surface area contributed by atoms with Crippen molar-refractivity contribution in [3.8, 4) is 5.75 Å². The van der Waals surface area contributed by atoms with E-state index in [-0.39, 0.29) is 42.6 Å². The fraction of sp³-hybridized carbons (Fsp3) is 0.294. The second-order valence-corrected chi connectivity index (χ2v) is 13.3. The summed E-state index contributed by atoms with van der Waals surface area (Å²) in [6.45, 7) is 1.82. The number of alkyl halides is 2. The number of halogens is 3. The topological polar surface area (TPSA) is 95.0 Å². The number of fused-ring (bicyclic) bond motifs is 4. The van der Waals surface area contributed by atoms with E-state index in [4.69, 9.17) is 23.2 Å². The maximum Gasteiger partial charge on any atom is 0.258 e. The van der Waals surface area contributed by atoms with Crippen LogP contribution in [0.5, 0.6) is 5.75 Å². The minimum Gasteiger partial charge on any atom is -0.508 e. The Hall–Kier alpha value is -4.01. The quantitative estimate of drug-likeness (QED) is 0.229. The van der Waals surface area contributed by atoms with Crippen LogP contribution in [0, 0.1) is 30.5 Å². The van der Waals surface area contributed by atoms with E-state index in [2.05, 4.69) is 0 Å². The molecule has 7 rings (SSSR count). The molecule has 3 fully saturated rings. The van der Waals surface area contributed by atoms with E-state index in [1.54, 1.807) is 19.1 Å². The van der Waals surface area contributed by atoms with E-state index in [9.17, 15) is 28.7 Å². The largest absolute Gasteiger partial charge is 0.508 e. The van der Waals surface area contributed by atoms with Crippen LogP contribution in [-0.2, 0) is 25.7 Å². The van der Waals surface area contributed by atoms with Crippen molar-refractivity contribution in [2.75, 3.05) is 4.90 Å². The number of allylic oxidation sites excluding steroid dienone is 2. The molecule has 2 heterocycles. The van der Waals surface area contributed by atoms with Gasteiger partial charge in [-0.25, -0.2) is 9.29 Å². The molecule has 7 nitrogen and oxygen atoms in total. The van der Waals surface area contributed by atoms with E-state index in [0.29, 0.717) is 16.7 Å². The van der Waals surface area contributed by atoms with Gasteiger partial charge in [0.25, 0.3) is 11.8 Å². The Bertz CT molecular complexity index is 1780. The van der Waals surface area contributed by atoms with Crippen LogP contribution in [-0.4, -0.2) is 43.4 Å². The van der Waals surface area contributed by atoms with Crippen LogP contribution in [0.15, 0.2) is 84.4 Å². The molecule has 10 heteroatoms. The monoisotopic (exact) mass is 632 g/mol. The van der Waals surface area contributed by atoms with Crippen LogP contribution >= 0.6 is 23.2 Å². The molecule has 6 atom stereocenters.